The van der Waals surface area contributed by atoms with E-state index in [1.807, 2.05) is 0 Å². The molecule has 0 aliphatic carbocycles. The molecule has 0 atom stereocenters. The van der Waals surface area contributed by atoms with Crippen LogP contribution in [0.3, 0.4) is 0 Å². The van der Waals surface area contributed by atoms with Crippen molar-refractivity contribution in [2.75, 3.05) is 13.6 Å². The second-order valence-electron chi connectivity index (χ2n) is 3.50. The van der Waals surface area contributed by atoms with Gasteiger partial charge >= 0.3 is 0 Å². The Morgan fingerprint density at radius 1 is 1.53 bits per heavy atom. The first-order chi connectivity index (χ1) is 8.11. The van der Waals surface area contributed by atoms with E-state index < -0.39 is 6.43 Å². The molecular formula is C11H10F2N2O2. The minimum atomic E-state index is -2.56. The minimum absolute atomic E-state index is 0.0687. The summed E-state index contributed by atoms with van der Waals surface area (Å²) in [5.74, 6) is -0.386. The normalized spacial score (nSPS) is 11.3. The lowest BCUT2D eigenvalue weighted by Gasteiger charge is -1.96. The smallest absolute Gasteiger partial charge is 0.265 e. The van der Waals surface area contributed by atoms with E-state index in [1.54, 1.807) is 7.05 Å². The fourth-order valence-electron chi connectivity index (χ4n) is 1.44. The maximum atomic E-state index is 12.4. The van der Waals surface area contributed by atoms with Crippen LogP contribution >= 0.6 is 0 Å². The number of benzene rings is 1. The van der Waals surface area contributed by atoms with Gasteiger partial charge in [-0.05, 0) is 25.2 Å². The predicted octanol–water partition coefficient (Wildman–Crippen LogP) is 2.17. The van der Waals surface area contributed by atoms with E-state index >= 15 is 0 Å². The zero-order chi connectivity index (χ0) is 12.4. The third-order valence-electron chi connectivity index (χ3n) is 2.24. The third kappa shape index (κ3) is 2.31. The van der Waals surface area contributed by atoms with Gasteiger partial charge in [0.1, 0.15) is 5.52 Å². The standard InChI is InChI=1S/C11H10F2N2O2/c1-14-5-8(16)11-15-7-4-6(10(12)13)2-3-9(7)17-11/h2-4,10,14H,5H2,1H3. The summed E-state index contributed by atoms with van der Waals surface area (Å²) in [7, 11) is 1.62. The van der Waals surface area contributed by atoms with Crippen LogP contribution in [0, 0.1) is 0 Å². The highest BCUT2D eigenvalue weighted by Gasteiger charge is 2.15. The lowest BCUT2D eigenvalue weighted by molar-refractivity contribution is 0.0962. The van der Waals surface area contributed by atoms with E-state index in [4.69, 9.17) is 4.42 Å². The Balaban J connectivity index is 2.40. The fraction of sp³-hybridized carbons (Fsp3) is 0.273. The summed E-state index contributed by atoms with van der Waals surface area (Å²) in [6, 6.07) is 3.87. The summed E-state index contributed by atoms with van der Waals surface area (Å²) in [6.07, 6.45) is -2.56. The van der Waals surface area contributed by atoms with Gasteiger partial charge in [-0.3, -0.25) is 4.79 Å². The van der Waals surface area contributed by atoms with Crippen LogP contribution in [0.4, 0.5) is 8.78 Å². The molecule has 6 heteroatoms. The van der Waals surface area contributed by atoms with Crippen molar-refractivity contribution in [2.24, 2.45) is 0 Å². The van der Waals surface area contributed by atoms with Gasteiger partial charge in [0.25, 0.3) is 12.3 Å². The Labute approximate surface area is 95.6 Å². The molecule has 0 aliphatic rings. The van der Waals surface area contributed by atoms with E-state index in [0.29, 0.717) is 5.58 Å². The van der Waals surface area contributed by atoms with Gasteiger partial charge in [0.2, 0.25) is 5.78 Å². The van der Waals surface area contributed by atoms with Gasteiger partial charge in [-0.2, -0.15) is 0 Å². The second-order valence-corrected chi connectivity index (χ2v) is 3.50. The molecule has 0 bridgehead atoms. The maximum absolute atomic E-state index is 12.4. The first kappa shape index (κ1) is 11.7. The molecule has 0 fully saturated rings. The predicted molar refractivity (Wildman–Crippen MR) is 57.2 cm³/mol. The summed E-state index contributed by atoms with van der Waals surface area (Å²) in [4.78, 5) is 15.4. The van der Waals surface area contributed by atoms with E-state index in [2.05, 4.69) is 10.3 Å². The first-order valence-electron chi connectivity index (χ1n) is 4.98. The quantitative estimate of drug-likeness (QED) is 0.832. The van der Waals surface area contributed by atoms with Crippen molar-refractivity contribution in [3.8, 4) is 0 Å². The molecule has 90 valence electrons. The molecule has 0 spiro atoms. The lowest BCUT2D eigenvalue weighted by atomic mass is 10.2. The monoisotopic (exact) mass is 240 g/mol. The van der Waals surface area contributed by atoms with Gasteiger partial charge in [-0.25, -0.2) is 13.8 Å². The van der Waals surface area contributed by atoms with Crippen molar-refractivity contribution in [1.29, 1.82) is 0 Å². The number of rotatable bonds is 4. The Bertz CT molecular complexity index is 551. The van der Waals surface area contributed by atoms with Gasteiger partial charge in [-0.1, -0.05) is 0 Å². The van der Waals surface area contributed by atoms with Gasteiger partial charge in [-0.15, -0.1) is 0 Å². The van der Waals surface area contributed by atoms with Crippen LogP contribution in [0.1, 0.15) is 22.7 Å². The second kappa shape index (κ2) is 4.58. The molecule has 0 radical (unpaired) electrons. The highest BCUT2D eigenvalue weighted by molar-refractivity contribution is 5.95. The largest absolute Gasteiger partial charge is 0.434 e. The number of ketones is 1. The number of alkyl halides is 2. The van der Waals surface area contributed by atoms with E-state index in [9.17, 15) is 13.6 Å². The molecule has 1 aromatic carbocycles. The lowest BCUT2D eigenvalue weighted by Crippen LogP contribution is -2.18. The minimum Gasteiger partial charge on any atom is -0.434 e. The number of oxazole rings is 1. The summed E-state index contributed by atoms with van der Waals surface area (Å²) < 4.78 is 30.1. The Kier molecular flexibility index (Phi) is 3.14. The molecule has 0 aliphatic heterocycles. The van der Waals surface area contributed by atoms with E-state index in [1.165, 1.54) is 18.2 Å². The number of carbonyl (C=O) groups excluding carboxylic acids is 1. The van der Waals surface area contributed by atoms with Crippen LogP contribution in [-0.2, 0) is 0 Å². The molecular weight excluding hydrogens is 230 g/mol. The molecule has 0 amide bonds. The average molecular weight is 240 g/mol. The number of hydrogen-bond acceptors (Lipinski definition) is 4. The maximum Gasteiger partial charge on any atom is 0.265 e. The number of hydrogen-bond donors (Lipinski definition) is 1. The molecule has 2 rings (SSSR count). The molecule has 1 aromatic heterocycles. The zero-order valence-corrected chi connectivity index (χ0v) is 9.04. The number of Topliss-reactive ketones (excluding diaryl/α,β-unsaturated/α-hetero) is 1. The Morgan fingerprint density at radius 2 is 2.29 bits per heavy atom. The molecule has 2 aromatic rings. The van der Waals surface area contributed by atoms with Crippen molar-refractivity contribution < 1.29 is 18.0 Å². The fourth-order valence-corrected chi connectivity index (χ4v) is 1.44. The van der Waals surface area contributed by atoms with Crippen LogP contribution < -0.4 is 5.32 Å². The number of halogens is 2. The molecule has 0 unspecified atom stereocenters. The number of carbonyl (C=O) groups is 1. The van der Waals surface area contributed by atoms with Gasteiger partial charge < -0.3 is 9.73 Å². The topological polar surface area (TPSA) is 55.1 Å². The van der Waals surface area contributed by atoms with Crippen molar-refractivity contribution in [3.05, 3.63) is 29.7 Å². The molecule has 17 heavy (non-hydrogen) atoms. The first-order valence-corrected chi connectivity index (χ1v) is 4.98. The van der Waals surface area contributed by atoms with Crippen LogP contribution in [0.5, 0.6) is 0 Å². The van der Waals surface area contributed by atoms with Crippen molar-refractivity contribution in [3.63, 3.8) is 0 Å². The molecule has 1 heterocycles. The number of likely N-dealkylation sites (N-methyl/N-ethyl adjacent to an activating group) is 1. The van der Waals surface area contributed by atoms with Crippen LogP contribution in [-0.4, -0.2) is 24.4 Å². The highest BCUT2D eigenvalue weighted by atomic mass is 19.3. The van der Waals surface area contributed by atoms with E-state index in [0.717, 1.165) is 0 Å². The van der Waals surface area contributed by atoms with Crippen molar-refractivity contribution >= 4 is 16.9 Å². The molecule has 0 saturated heterocycles. The Hall–Kier alpha value is -1.82. The van der Waals surface area contributed by atoms with Crippen LogP contribution in [0.25, 0.3) is 11.1 Å². The Morgan fingerprint density at radius 3 is 2.94 bits per heavy atom. The number of nitrogens with zero attached hydrogens (tertiary/aromatic N) is 1. The van der Waals surface area contributed by atoms with Crippen molar-refractivity contribution in [2.45, 2.75) is 6.43 Å². The summed E-state index contributed by atoms with van der Waals surface area (Å²) in [5, 5.41) is 2.67. The summed E-state index contributed by atoms with van der Waals surface area (Å²) in [6.45, 7) is 0.0918. The van der Waals surface area contributed by atoms with E-state index in [-0.39, 0.29) is 29.3 Å². The van der Waals surface area contributed by atoms with Crippen LogP contribution in [0.2, 0.25) is 0 Å². The highest BCUT2D eigenvalue weighted by Crippen LogP contribution is 2.24. The SMILES string of the molecule is CNCC(=O)c1nc2cc(C(F)F)ccc2o1. The number of fused-ring (bicyclic) bond motifs is 1. The average Bonchev–Trinajstić information content (AvgIpc) is 2.71. The summed E-state index contributed by atoms with van der Waals surface area (Å²) >= 11 is 0. The summed E-state index contributed by atoms with van der Waals surface area (Å²) in [5.41, 5.74) is 0.453. The van der Waals surface area contributed by atoms with Gasteiger partial charge in [0.05, 0.1) is 6.54 Å². The zero-order valence-electron chi connectivity index (χ0n) is 9.04. The molecule has 0 saturated carbocycles. The molecule has 4 nitrogen and oxygen atoms in total. The van der Waals surface area contributed by atoms with Gasteiger partial charge in [0.15, 0.2) is 5.58 Å². The van der Waals surface area contributed by atoms with Crippen LogP contribution in [0.15, 0.2) is 22.6 Å². The van der Waals surface area contributed by atoms with Crippen molar-refractivity contribution in [1.82, 2.24) is 10.3 Å². The van der Waals surface area contributed by atoms with Gasteiger partial charge in [0, 0.05) is 5.56 Å². The number of nitrogens with one attached hydrogen (secondary N) is 1. The molecule has 1 N–H and O–H groups in total. The number of aromatic nitrogens is 1. The third-order valence-corrected chi connectivity index (χ3v) is 2.24.